The van der Waals surface area contributed by atoms with E-state index in [1.807, 2.05) is 11.6 Å². The molecule has 0 aliphatic heterocycles. The molecule has 0 aliphatic carbocycles. The molecule has 1 aromatic heterocycles. The minimum Gasteiger partial charge on any atom is -0.569 e. The highest BCUT2D eigenvalue weighted by Gasteiger charge is 2.35. The number of rotatable bonds is 11. The number of aryl methyl sites for hydroxylation is 1. The first-order valence-corrected chi connectivity index (χ1v) is 14.5. The van der Waals surface area contributed by atoms with Gasteiger partial charge in [-0.15, -0.1) is 5.01 Å². The summed E-state index contributed by atoms with van der Waals surface area (Å²) in [7, 11) is -4.44. The molecule has 0 aliphatic rings. The summed E-state index contributed by atoms with van der Waals surface area (Å²) in [6, 6.07) is 12.3. The van der Waals surface area contributed by atoms with E-state index in [2.05, 4.69) is 15.2 Å². The smallest absolute Gasteiger partial charge is 0.435 e. The number of esters is 1. The SMILES string of the molecule is CCN(CC(=O)NS(=O)(=O)c1ccc(-n2nc(C(F)(F)F)cc2-c2ccc(C)cc2)cc1)/[N+]([O-])=N/OCOC(=O)C(C)(C)C. The molecule has 17 heteroatoms. The van der Waals surface area contributed by atoms with E-state index in [1.165, 1.54) is 19.1 Å². The maximum absolute atomic E-state index is 13.5. The molecular formula is C27H31F3N6O7S. The Hall–Kier alpha value is -4.67. The van der Waals surface area contributed by atoms with Gasteiger partial charge < -0.3 is 14.8 Å². The molecule has 0 saturated heterocycles. The van der Waals surface area contributed by atoms with Gasteiger partial charge in [0.2, 0.25) is 5.28 Å². The molecule has 2 aromatic carbocycles. The number of halogens is 3. The molecule has 0 spiro atoms. The average molecular weight is 641 g/mol. The Morgan fingerprint density at radius 3 is 2.25 bits per heavy atom. The highest BCUT2D eigenvalue weighted by atomic mass is 32.2. The molecule has 0 radical (unpaired) electrons. The van der Waals surface area contributed by atoms with E-state index in [9.17, 15) is 36.4 Å². The van der Waals surface area contributed by atoms with Crippen molar-refractivity contribution in [2.75, 3.05) is 19.9 Å². The van der Waals surface area contributed by atoms with Crippen LogP contribution in [0.25, 0.3) is 16.9 Å². The number of hydrazine groups is 1. The third-order valence-electron chi connectivity index (χ3n) is 5.90. The van der Waals surface area contributed by atoms with E-state index >= 15 is 0 Å². The largest absolute Gasteiger partial charge is 0.569 e. The fraction of sp³-hybridized carbons (Fsp3) is 0.370. The first kappa shape index (κ1) is 33.8. The van der Waals surface area contributed by atoms with Crippen molar-refractivity contribution in [3.63, 3.8) is 0 Å². The monoisotopic (exact) mass is 640 g/mol. The Balaban J connectivity index is 1.72. The predicted octanol–water partition coefficient (Wildman–Crippen LogP) is 4.35. The lowest BCUT2D eigenvalue weighted by Gasteiger charge is -2.17. The summed E-state index contributed by atoms with van der Waals surface area (Å²) in [4.78, 5) is 28.4. The maximum Gasteiger partial charge on any atom is 0.435 e. The van der Waals surface area contributed by atoms with Gasteiger partial charge in [0, 0.05) is 5.56 Å². The number of hydrogen-bond acceptors (Lipinski definition) is 9. The van der Waals surface area contributed by atoms with Gasteiger partial charge in [-0.1, -0.05) is 29.8 Å². The molecule has 1 N–H and O–H groups in total. The molecule has 44 heavy (non-hydrogen) atoms. The third-order valence-corrected chi connectivity index (χ3v) is 7.29. The van der Waals surface area contributed by atoms with Crippen molar-refractivity contribution in [2.24, 2.45) is 10.7 Å². The summed E-state index contributed by atoms with van der Waals surface area (Å²) in [5.41, 5.74) is -0.314. The normalized spacial score (nSPS) is 12.5. The van der Waals surface area contributed by atoms with Crippen LogP contribution in [0.2, 0.25) is 0 Å². The maximum atomic E-state index is 13.5. The number of amides is 1. The molecule has 0 saturated carbocycles. The number of nitrogens with zero attached hydrogens (tertiary/aromatic N) is 5. The van der Waals surface area contributed by atoms with Crippen LogP contribution in [0.15, 0.2) is 64.8 Å². The second kappa shape index (κ2) is 13.3. The van der Waals surface area contributed by atoms with E-state index in [1.54, 1.807) is 45.0 Å². The Bertz CT molecular complexity index is 1620. The predicted molar refractivity (Wildman–Crippen MR) is 149 cm³/mol. The van der Waals surface area contributed by atoms with Gasteiger partial charge in [0.05, 0.1) is 33.2 Å². The van der Waals surface area contributed by atoms with Crippen LogP contribution in [0.1, 0.15) is 39.0 Å². The van der Waals surface area contributed by atoms with Gasteiger partial charge in [-0.05, 0) is 65.0 Å². The molecule has 1 amide bonds. The van der Waals surface area contributed by atoms with Crippen molar-refractivity contribution in [3.8, 4) is 16.9 Å². The molecule has 3 aromatic rings. The van der Waals surface area contributed by atoms with E-state index in [0.29, 0.717) is 5.56 Å². The number of likely N-dealkylation sites (N-methyl/N-ethyl adjacent to an activating group) is 1. The molecule has 1 heterocycles. The standard InChI is InChI=1S/C27H31F3N6O7S/c1-6-34(36(39)33-43-17-42-25(38)26(3,4)5)16-24(37)32-44(40,41)21-13-11-20(12-14-21)35-22(15-23(31-35)27(28,29)30)19-9-7-18(2)8-10-19/h7-15H,6,16-17H2,1-5H3,(H,32,37)/b36-33-. The van der Waals surface area contributed by atoms with E-state index < -0.39 is 52.5 Å². The van der Waals surface area contributed by atoms with Crippen LogP contribution in [0.3, 0.4) is 0 Å². The number of carbonyl (C=O) groups is 2. The van der Waals surface area contributed by atoms with Gasteiger partial charge in [-0.3, -0.25) is 9.59 Å². The summed E-state index contributed by atoms with van der Waals surface area (Å²) in [5, 5.41) is 19.8. The van der Waals surface area contributed by atoms with Gasteiger partial charge in [-0.25, -0.2) is 17.8 Å². The molecule has 0 bridgehead atoms. The van der Waals surface area contributed by atoms with Gasteiger partial charge in [0.1, 0.15) is 0 Å². The van der Waals surface area contributed by atoms with Gasteiger partial charge in [0.25, 0.3) is 22.7 Å². The number of aromatic nitrogens is 2. The first-order valence-electron chi connectivity index (χ1n) is 13.0. The molecule has 3 rings (SSSR count). The highest BCUT2D eigenvalue weighted by molar-refractivity contribution is 7.90. The van der Waals surface area contributed by atoms with Gasteiger partial charge >= 0.3 is 12.1 Å². The topological polar surface area (TPSA) is 158 Å². The zero-order valence-electron chi connectivity index (χ0n) is 24.5. The second-order valence-corrected chi connectivity index (χ2v) is 12.1. The molecule has 0 fully saturated rings. The Morgan fingerprint density at radius 1 is 1.09 bits per heavy atom. The van der Waals surface area contributed by atoms with Gasteiger partial charge in [-0.2, -0.15) is 18.3 Å². The van der Waals surface area contributed by atoms with Crippen LogP contribution in [0, 0.1) is 17.5 Å². The molecule has 13 nitrogen and oxygen atoms in total. The number of sulfonamides is 1. The van der Waals surface area contributed by atoms with Crippen LogP contribution >= 0.6 is 0 Å². The number of alkyl halides is 3. The van der Waals surface area contributed by atoms with Crippen LogP contribution < -0.4 is 4.72 Å². The highest BCUT2D eigenvalue weighted by Crippen LogP contribution is 2.33. The van der Waals surface area contributed by atoms with Crippen LogP contribution in [-0.4, -0.2) is 59.9 Å². The van der Waals surface area contributed by atoms with Crippen molar-refractivity contribution in [1.82, 2.24) is 19.5 Å². The van der Waals surface area contributed by atoms with Crippen molar-refractivity contribution in [3.05, 3.63) is 71.1 Å². The molecule has 238 valence electrons. The molecular weight excluding hydrogens is 609 g/mol. The zero-order chi connectivity index (χ0) is 32.9. The minimum absolute atomic E-state index is 0.0760. The van der Waals surface area contributed by atoms with Crippen LogP contribution in [0.5, 0.6) is 0 Å². The van der Waals surface area contributed by atoms with E-state index in [-0.39, 0.29) is 27.8 Å². The number of hydrogen-bond donors (Lipinski definition) is 1. The van der Waals surface area contributed by atoms with Gasteiger partial charge in [0.15, 0.2) is 12.2 Å². The third kappa shape index (κ3) is 8.68. The minimum atomic E-state index is -4.72. The Kier molecular flexibility index (Phi) is 10.2. The second-order valence-electron chi connectivity index (χ2n) is 10.5. The van der Waals surface area contributed by atoms with Crippen LogP contribution in [0.4, 0.5) is 13.2 Å². The Morgan fingerprint density at radius 2 is 1.70 bits per heavy atom. The fourth-order valence-electron chi connectivity index (χ4n) is 3.53. The zero-order valence-corrected chi connectivity index (χ0v) is 25.3. The summed E-state index contributed by atoms with van der Waals surface area (Å²) >= 11 is 0. The quantitative estimate of drug-likeness (QED) is 0.0803. The summed E-state index contributed by atoms with van der Waals surface area (Å²) in [5.74, 6) is -1.69. The Labute approximate surface area is 251 Å². The number of benzene rings is 2. The summed E-state index contributed by atoms with van der Waals surface area (Å²) < 4.78 is 73.8. The number of nitrogens with one attached hydrogen (secondary N) is 1. The summed E-state index contributed by atoms with van der Waals surface area (Å²) in [6.07, 6.45) is -4.72. The lowest BCUT2D eigenvalue weighted by atomic mass is 9.98. The molecule has 0 atom stereocenters. The average Bonchev–Trinajstić information content (AvgIpc) is 3.40. The first-order chi connectivity index (χ1) is 20.4. The van der Waals surface area contributed by atoms with E-state index in [0.717, 1.165) is 33.5 Å². The summed E-state index contributed by atoms with van der Waals surface area (Å²) in [6.45, 7) is 6.68. The van der Waals surface area contributed by atoms with Crippen molar-refractivity contribution >= 4 is 21.9 Å². The van der Waals surface area contributed by atoms with E-state index in [4.69, 9.17) is 4.74 Å². The number of ether oxygens (including phenoxy) is 1. The fourth-order valence-corrected chi connectivity index (χ4v) is 4.51. The van der Waals surface area contributed by atoms with Crippen molar-refractivity contribution in [2.45, 2.75) is 45.7 Å². The number of carbonyl (C=O) groups excluding carboxylic acids is 2. The van der Waals surface area contributed by atoms with Crippen molar-refractivity contribution in [1.29, 1.82) is 0 Å². The van der Waals surface area contributed by atoms with Crippen LogP contribution in [-0.2, 0) is 35.4 Å². The molecule has 0 unspecified atom stereocenters. The lowest BCUT2D eigenvalue weighted by molar-refractivity contribution is -0.709. The van der Waals surface area contributed by atoms with Crippen molar-refractivity contribution < 1.29 is 45.7 Å². The lowest BCUT2D eigenvalue weighted by Crippen LogP contribution is -2.42.